The highest BCUT2D eigenvalue weighted by molar-refractivity contribution is 7.07. The van der Waals surface area contributed by atoms with Crippen LogP contribution in [0.15, 0.2) is 88.3 Å². The summed E-state index contributed by atoms with van der Waals surface area (Å²) in [4.78, 5) is 32.8. The van der Waals surface area contributed by atoms with Gasteiger partial charge < -0.3 is 18.9 Å². The van der Waals surface area contributed by atoms with E-state index in [-0.39, 0.29) is 12.2 Å². The first-order valence-corrected chi connectivity index (χ1v) is 14.5. The highest BCUT2D eigenvalue weighted by atomic mass is 32.1. The third-order valence-corrected chi connectivity index (χ3v) is 7.85. The third-order valence-electron chi connectivity index (χ3n) is 6.86. The molecule has 9 heteroatoms. The zero-order valence-corrected chi connectivity index (χ0v) is 24.8. The van der Waals surface area contributed by atoms with Crippen LogP contribution < -0.4 is 29.1 Å². The zero-order chi connectivity index (χ0) is 29.8. The van der Waals surface area contributed by atoms with E-state index in [4.69, 9.17) is 23.9 Å². The fraction of sp³-hybridized carbons (Fsp3) is 0.242. The minimum atomic E-state index is -0.808. The summed E-state index contributed by atoms with van der Waals surface area (Å²) in [6.07, 6.45) is 3.46. The molecule has 0 bridgehead atoms. The molecule has 4 aromatic rings. The van der Waals surface area contributed by atoms with Gasteiger partial charge in [-0.15, -0.1) is 0 Å². The Bertz CT molecular complexity index is 1880. The van der Waals surface area contributed by atoms with Crippen molar-refractivity contribution in [3.05, 3.63) is 109 Å². The Hall–Kier alpha value is -4.63. The molecule has 0 saturated carbocycles. The predicted octanol–water partition coefficient (Wildman–Crippen LogP) is 4.92. The number of carbonyl (C=O) groups is 1. The topological polar surface area (TPSA) is 88.4 Å². The Morgan fingerprint density at radius 2 is 1.83 bits per heavy atom. The molecule has 8 nitrogen and oxygen atoms in total. The van der Waals surface area contributed by atoms with Crippen LogP contribution in [0.5, 0.6) is 17.2 Å². The number of nitrogens with zero attached hydrogens (tertiary/aromatic N) is 2. The SMILES string of the molecule is C=CCOc1ccc(/C=c2\sc3n(c2=O)[C@@H](c2c(OC)ccc4ccccc24)C(C(=O)OCC)=C(C)N=3)cc1OCC. The van der Waals surface area contributed by atoms with E-state index in [0.29, 0.717) is 56.6 Å². The van der Waals surface area contributed by atoms with E-state index in [0.717, 1.165) is 16.3 Å². The Morgan fingerprint density at radius 3 is 2.57 bits per heavy atom. The van der Waals surface area contributed by atoms with Crippen LogP contribution in [0.4, 0.5) is 0 Å². The lowest BCUT2D eigenvalue weighted by Gasteiger charge is -2.27. The van der Waals surface area contributed by atoms with Gasteiger partial charge in [0.05, 0.1) is 36.1 Å². The molecule has 0 aliphatic carbocycles. The molecule has 0 spiro atoms. The van der Waals surface area contributed by atoms with Crippen molar-refractivity contribution in [3.8, 4) is 17.2 Å². The minimum Gasteiger partial charge on any atom is -0.496 e. The van der Waals surface area contributed by atoms with E-state index in [1.807, 2.05) is 61.5 Å². The largest absolute Gasteiger partial charge is 0.496 e. The molecule has 0 N–H and O–H groups in total. The maximum absolute atomic E-state index is 14.2. The molecular formula is C33H32N2O6S. The number of rotatable bonds is 10. The number of methoxy groups -OCH3 is 1. The van der Waals surface area contributed by atoms with E-state index >= 15 is 0 Å². The fourth-order valence-corrected chi connectivity index (χ4v) is 6.15. The third kappa shape index (κ3) is 5.35. The molecule has 1 aliphatic rings. The lowest BCUT2D eigenvalue weighted by molar-refractivity contribution is -0.139. The normalized spacial score (nSPS) is 14.8. The summed E-state index contributed by atoms with van der Waals surface area (Å²) in [6.45, 7) is 10.1. The maximum Gasteiger partial charge on any atom is 0.338 e. The van der Waals surface area contributed by atoms with Crippen molar-refractivity contribution in [1.82, 2.24) is 4.57 Å². The second-order valence-electron chi connectivity index (χ2n) is 9.44. The Labute approximate surface area is 247 Å². The monoisotopic (exact) mass is 584 g/mol. The summed E-state index contributed by atoms with van der Waals surface area (Å²) in [6, 6.07) is 16.3. The average Bonchev–Trinajstić information content (AvgIpc) is 3.29. The average molecular weight is 585 g/mol. The number of ether oxygens (including phenoxy) is 4. The molecule has 1 aliphatic heterocycles. The van der Waals surface area contributed by atoms with Crippen molar-refractivity contribution in [2.45, 2.75) is 26.8 Å². The van der Waals surface area contributed by atoms with Gasteiger partial charge in [-0.2, -0.15) is 0 Å². The first-order valence-electron chi connectivity index (χ1n) is 13.7. The van der Waals surface area contributed by atoms with Crippen molar-refractivity contribution in [3.63, 3.8) is 0 Å². The van der Waals surface area contributed by atoms with Crippen LogP contribution in [0.3, 0.4) is 0 Å². The van der Waals surface area contributed by atoms with Crippen LogP contribution >= 0.6 is 11.3 Å². The predicted molar refractivity (Wildman–Crippen MR) is 164 cm³/mol. The number of fused-ring (bicyclic) bond motifs is 2. The summed E-state index contributed by atoms with van der Waals surface area (Å²) in [5.41, 5.74) is 1.97. The van der Waals surface area contributed by atoms with Gasteiger partial charge in [-0.05, 0) is 61.4 Å². The van der Waals surface area contributed by atoms with Gasteiger partial charge in [0.15, 0.2) is 16.3 Å². The van der Waals surface area contributed by atoms with E-state index in [2.05, 4.69) is 6.58 Å². The number of thiazole rings is 1. The number of allylic oxidation sites excluding steroid dienone is 1. The van der Waals surface area contributed by atoms with Crippen molar-refractivity contribution in [1.29, 1.82) is 0 Å². The first kappa shape index (κ1) is 28.9. The van der Waals surface area contributed by atoms with Crippen molar-refractivity contribution in [2.75, 3.05) is 26.9 Å². The van der Waals surface area contributed by atoms with Gasteiger partial charge in [-0.25, -0.2) is 9.79 Å². The zero-order valence-electron chi connectivity index (χ0n) is 24.0. The summed E-state index contributed by atoms with van der Waals surface area (Å²) in [7, 11) is 1.58. The molecule has 0 radical (unpaired) electrons. The molecule has 5 rings (SSSR count). The highest BCUT2D eigenvalue weighted by Gasteiger charge is 2.36. The Balaban J connectivity index is 1.75. The van der Waals surface area contributed by atoms with Gasteiger partial charge in [0, 0.05) is 5.56 Å². The number of hydrogen-bond donors (Lipinski definition) is 0. The summed E-state index contributed by atoms with van der Waals surface area (Å²) in [5, 5.41) is 1.82. The first-order chi connectivity index (χ1) is 20.4. The van der Waals surface area contributed by atoms with Crippen LogP contribution in [0.2, 0.25) is 0 Å². The summed E-state index contributed by atoms with van der Waals surface area (Å²) in [5.74, 6) is 1.19. The van der Waals surface area contributed by atoms with E-state index in [1.165, 1.54) is 11.3 Å². The molecule has 3 aromatic carbocycles. The highest BCUT2D eigenvalue weighted by Crippen LogP contribution is 2.40. The molecule has 216 valence electrons. The molecule has 1 atom stereocenters. The molecule has 2 heterocycles. The lowest BCUT2D eigenvalue weighted by Crippen LogP contribution is -2.40. The number of benzene rings is 3. The standard InChI is InChI=1S/C33H32N2O6S/c1-6-17-41-24-15-13-21(18-26(24)39-7-2)19-27-31(36)35-30(28(32(37)40-8-3)20(4)34-33(35)42-27)29-23-12-10-9-11-22(23)14-16-25(29)38-5/h6,9-16,18-19,30H,1,7-8,17H2,2-5H3/b27-19-/t30-/m1/s1. The van der Waals surface area contributed by atoms with Crippen LogP contribution in [0, 0.1) is 0 Å². The number of esters is 1. The Kier molecular flexibility index (Phi) is 8.59. The van der Waals surface area contributed by atoms with Gasteiger partial charge in [-0.1, -0.05) is 60.4 Å². The van der Waals surface area contributed by atoms with E-state index in [9.17, 15) is 9.59 Å². The molecule has 0 unspecified atom stereocenters. The van der Waals surface area contributed by atoms with Crippen LogP contribution in [0.1, 0.15) is 37.9 Å². The van der Waals surface area contributed by atoms with Gasteiger partial charge in [0.2, 0.25) is 0 Å². The molecule has 42 heavy (non-hydrogen) atoms. The second-order valence-corrected chi connectivity index (χ2v) is 10.5. The molecule has 0 amide bonds. The van der Waals surface area contributed by atoms with Crippen molar-refractivity contribution in [2.24, 2.45) is 4.99 Å². The lowest BCUT2D eigenvalue weighted by atomic mass is 9.90. The number of aromatic nitrogens is 1. The quantitative estimate of drug-likeness (QED) is 0.194. The van der Waals surface area contributed by atoms with Gasteiger partial charge >= 0.3 is 5.97 Å². The molecule has 0 saturated heterocycles. The summed E-state index contributed by atoms with van der Waals surface area (Å²) < 4.78 is 24.8. The van der Waals surface area contributed by atoms with E-state index in [1.54, 1.807) is 37.7 Å². The van der Waals surface area contributed by atoms with Crippen LogP contribution in [-0.4, -0.2) is 37.5 Å². The van der Waals surface area contributed by atoms with E-state index < -0.39 is 12.0 Å². The van der Waals surface area contributed by atoms with Gasteiger partial charge in [-0.3, -0.25) is 9.36 Å². The van der Waals surface area contributed by atoms with Gasteiger partial charge in [0.25, 0.3) is 5.56 Å². The van der Waals surface area contributed by atoms with Crippen LogP contribution in [-0.2, 0) is 9.53 Å². The molecule has 1 aromatic heterocycles. The second kappa shape index (κ2) is 12.5. The van der Waals surface area contributed by atoms with Crippen LogP contribution in [0.25, 0.3) is 16.8 Å². The smallest absolute Gasteiger partial charge is 0.338 e. The number of carbonyl (C=O) groups excluding carboxylic acids is 1. The fourth-order valence-electron chi connectivity index (χ4n) is 5.10. The number of hydrogen-bond acceptors (Lipinski definition) is 8. The van der Waals surface area contributed by atoms with Gasteiger partial charge in [0.1, 0.15) is 18.4 Å². The molecular weight excluding hydrogens is 552 g/mol. The maximum atomic E-state index is 14.2. The Morgan fingerprint density at radius 1 is 1.05 bits per heavy atom. The summed E-state index contributed by atoms with van der Waals surface area (Å²) >= 11 is 1.26. The van der Waals surface area contributed by atoms with Crippen molar-refractivity contribution < 1.29 is 23.7 Å². The minimum absolute atomic E-state index is 0.189. The van der Waals surface area contributed by atoms with Crippen molar-refractivity contribution >= 4 is 34.2 Å². The molecule has 0 fully saturated rings.